The monoisotopic (exact) mass is 231 g/mol. The van der Waals surface area contributed by atoms with Gasteiger partial charge in [0, 0.05) is 24.7 Å². The first-order valence-corrected chi connectivity index (χ1v) is 5.48. The molecule has 1 amide bonds. The molecular formula is C13H13NO3. The van der Waals surface area contributed by atoms with Gasteiger partial charge in [0.1, 0.15) is 0 Å². The normalized spacial score (nSPS) is 15.8. The molecule has 1 N–H and O–H groups in total. The molecule has 17 heavy (non-hydrogen) atoms. The number of hydrogen-bond donors (Lipinski definition) is 1. The van der Waals surface area contributed by atoms with E-state index >= 15 is 0 Å². The van der Waals surface area contributed by atoms with E-state index in [1.807, 2.05) is 24.3 Å². The van der Waals surface area contributed by atoms with Crippen LogP contribution in [0.25, 0.3) is 6.08 Å². The molecule has 0 atom stereocenters. The van der Waals surface area contributed by atoms with Crippen LogP contribution in [0.4, 0.5) is 5.69 Å². The van der Waals surface area contributed by atoms with Crippen LogP contribution in [0, 0.1) is 0 Å². The highest BCUT2D eigenvalue weighted by Crippen LogP contribution is 2.22. The van der Waals surface area contributed by atoms with Crippen LogP contribution < -0.4 is 4.90 Å². The van der Waals surface area contributed by atoms with Crippen LogP contribution in [0.3, 0.4) is 0 Å². The molecule has 0 unspecified atom stereocenters. The van der Waals surface area contributed by atoms with Gasteiger partial charge in [-0.15, -0.1) is 0 Å². The molecule has 0 aromatic heterocycles. The third-order valence-corrected chi connectivity index (χ3v) is 2.67. The summed E-state index contributed by atoms with van der Waals surface area (Å²) in [7, 11) is 0. The molecule has 1 aliphatic rings. The molecule has 1 fully saturated rings. The zero-order valence-corrected chi connectivity index (χ0v) is 9.30. The van der Waals surface area contributed by atoms with E-state index in [0.717, 1.165) is 30.3 Å². The Morgan fingerprint density at radius 3 is 2.88 bits per heavy atom. The Hall–Kier alpha value is -2.10. The standard InChI is InChI=1S/C13H13NO3/c15-12-5-2-8-14(12)11-4-1-3-10(9-11)6-7-13(16)17/h1,3-4,6-7,9H,2,5,8H2,(H,16,17)/b7-6+. The Labute approximate surface area is 99.2 Å². The third kappa shape index (κ3) is 2.72. The number of nitrogens with zero attached hydrogens (tertiary/aromatic N) is 1. The Kier molecular flexibility index (Phi) is 3.23. The maximum atomic E-state index is 11.6. The molecule has 4 nitrogen and oxygen atoms in total. The first-order valence-electron chi connectivity index (χ1n) is 5.48. The number of rotatable bonds is 3. The van der Waals surface area contributed by atoms with E-state index in [1.165, 1.54) is 6.08 Å². The van der Waals surface area contributed by atoms with Crippen LogP contribution in [-0.4, -0.2) is 23.5 Å². The van der Waals surface area contributed by atoms with Crippen molar-refractivity contribution in [2.75, 3.05) is 11.4 Å². The largest absolute Gasteiger partial charge is 0.478 e. The summed E-state index contributed by atoms with van der Waals surface area (Å²) in [5.41, 5.74) is 1.62. The SMILES string of the molecule is O=C(O)/C=C/c1cccc(N2CCCC2=O)c1. The number of amides is 1. The lowest BCUT2D eigenvalue weighted by Crippen LogP contribution is -2.23. The van der Waals surface area contributed by atoms with Gasteiger partial charge in [0.2, 0.25) is 5.91 Å². The summed E-state index contributed by atoms with van der Waals surface area (Å²) in [6, 6.07) is 7.32. The zero-order valence-electron chi connectivity index (χ0n) is 9.30. The van der Waals surface area contributed by atoms with Gasteiger partial charge in [-0.2, -0.15) is 0 Å². The van der Waals surface area contributed by atoms with Crippen molar-refractivity contribution < 1.29 is 14.7 Å². The van der Waals surface area contributed by atoms with Gasteiger partial charge in [-0.05, 0) is 30.2 Å². The van der Waals surface area contributed by atoms with E-state index in [2.05, 4.69) is 0 Å². The average molecular weight is 231 g/mol. The van der Waals surface area contributed by atoms with Gasteiger partial charge < -0.3 is 10.0 Å². The molecule has 0 radical (unpaired) electrons. The van der Waals surface area contributed by atoms with Crippen molar-refractivity contribution in [2.45, 2.75) is 12.8 Å². The summed E-state index contributed by atoms with van der Waals surface area (Å²) in [4.78, 5) is 23.7. The van der Waals surface area contributed by atoms with Crippen molar-refractivity contribution >= 4 is 23.6 Å². The fraction of sp³-hybridized carbons (Fsp3) is 0.231. The Morgan fingerprint density at radius 2 is 2.24 bits per heavy atom. The highest BCUT2D eigenvalue weighted by Gasteiger charge is 2.21. The lowest BCUT2D eigenvalue weighted by molar-refractivity contribution is -0.131. The smallest absolute Gasteiger partial charge is 0.328 e. The number of carboxylic acid groups (broad SMARTS) is 1. The van der Waals surface area contributed by atoms with Crippen LogP contribution in [0.2, 0.25) is 0 Å². The van der Waals surface area contributed by atoms with Gasteiger partial charge >= 0.3 is 5.97 Å². The molecule has 1 heterocycles. The second-order valence-electron chi connectivity index (χ2n) is 3.92. The minimum atomic E-state index is -0.979. The molecule has 1 aliphatic heterocycles. The first kappa shape index (κ1) is 11.4. The Balaban J connectivity index is 2.22. The average Bonchev–Trinajstić information content (AvgIpc) is 2.73. The number of carbonyl (C=O) groups excluding carboxylic acids is 1. The van der Waals surface area contributed by atoms with Crippen LogP contribution in [0.5, 0.6) is 0 Å². The summed E-state index contributed by atoms with van der Waals surface area (Å²) in [5.74, 6) is -0.850. The summed E-state index contributed by atoms with van der Waals surface area (Å²) in [5, 5.41) is 8.55. The fourth-order valence-electron chi connectivity index (χ4n) is 1.89. The molecule has 88 valence electrons. The maximum absolute atomic E-state index is 11.6. The van der Waals surface area contributed by atoms with Crippen LogP contribution in [0.15, 0.2) is 30.3 Å². The molecule has 0 saturated carbocycles. The summed E-state index contributed by atoms with van der Waals surface area (Å²) in [6.07, 6.45) is 4.08. The highest BCUT2D eigenvalue weighted by molar-refractivity contribution is 5.95. The predicted octanol–water partition coefficient (Wildman–Crippen LogP) is 1.91. The van der Waals surface area contributed by atoms with Gasteiger partial charge in [0.15, 0.2) is 0 Å². The molecule has 1 saturated heterocycles. The molecule has 1 aromatic carbocycles. The third-order valence-electron chi connectivity index (χ3n) is 2.67. The highest BCUT2D eigenvalue weighted by atomic mass is 16.4. The minimum absolute atomic E-state index is 0.129. The number of carboxylic acids is 1. The summed E-state index contributed by atoms with van der Waals surface area (Å²) < 4.78 is 0. The molecule has 1 aromatic rings. The van der Waals surface area contributed by atoms with Crippen LogP contribution in [0.1, 0.15) is 18.4 Å². The molecule has 2 rings (SSSR count). The van der Waals surface area contributed by atoms with Gasteiger partial charge in [-0.3, -0.25) is 4.79 Å². The van der Waals surface area contributed by atoms with Crippen LogP contribution >= 0.6 is 0 Å². The van der Waals surface area contributed by atoms with Gasteiger partial charge in [0.25, 0.3) is 0 Å². The second-order valence-corrected chi connectivity index (χ2v) is 3.92. The van der Waals surface area contributed by atoms with Crippen LogP contribution in [-0.2, 0) is 9.59 Å². The van der Waals surface area contributed by atoms with E-state index < -0.39 is 5.97 Å². The Morgan fingerprint density at radius 1 is 1.41 bits per heavy atom. The molecule has 0 spiro atoms. The summed E-state index contributed by atoms with van der Waals surface area (Å²) >= 11 is 0. The van der Waals surface area contributed by atoms with Crippen molar-refractivity contribution in [3.8, 4) is 0 Å². The lowest BCUT2D eigenvalue weighted by atomic mass is 10.2. The number of carbonyl (C=O) groups is 2. The van der Waals surface area contributed by atoms with Crippen molar-refractivity contribution in [1.29, 1.82) is 0 Å². The zero-order chi connectivity index (χ0) is 12.3. The first-order chi connectivity index (χ1) is 8.16. The quantitative estimate of drug-likeness (QED) is 0.808. The van der Waals surface area contributed by atoms with E-state index in [9.17, 15) is 9.59 Å². The molecule has 4 heteroatoms. The van der Waals surface area contributed by atoms with Gasteiger partial charge in [-0.25, -0.2) is 4.79 Å². The topological polar surface area (TPSA) is 57.6 Å². The fourth-order valence-corrected chi connectivity index (χ4v) is 1.89. The van der Waals surface area contributed by atoms with E-state index in [4.69, 9.17) is 5.11 Å². The van der Waals surface area contributed by atoms with Gasteiger partial charge in [0.05, 0.1) is 0 Å². The van der Waals surface area contributed by atoms with Crippen molar-refractivity contribution in [1.82, 2.24) is 0 Å². The molecular weight excluding hydrogens is 218 g/mol. The van der Waals surface area contributed by atoms with Crippen molar-refractivity contribution in [3.63, 3.8) is 0 Å². The van der Waals surface area contributed by atoms with Crippen molar-refractivity contribution in [3.05, 3.63) is 35.9 Å². The number of benzene rings is 1. The Bertz CT molecular complexity index is 479. The summed E-state index contributed by atoms with van der Waals surface area (Å²) in [6.45, 7) is 0.741. The number of aliphatic carboxylic acids is 1. The second kappa shape index (κ2) is 4.82. The maximum Gasteiger partial charge on any atom is 0.328 e. The van der Waals surface area contributed by atoms with Crippen molar-refractivity contribution in [2.24, 2.45) is 0 Å². The predicted molar refractivity (Wildman–Crippen MR) is 64.7 cm³/mol. The molecule has 0 bridgehead atoms. The molecule has 0 aliphatic carbocycles. The number of anilines is 1. The van der Waals surface area contributed by atoms with E-state index in [1.54, 1.807) is 4.90 Å². The lowest BCUT2D eigenvalue weighted by Gasteiger charge is -2.15. The van der Waals surface area contributed by atoms with E-state index in [-0.39, 0.29) is 5.91 Å². The van der Waals surface area contributed by atoms with Gasteiger partial charge in [-0.1, -0.05) is 12.1 Å². The van der Waals surface area contributed by atoms with E-state index in [0.29, 0.717) is 6.42 Å². The number of hydrogen-bond acceptors (Lipinski definition) is 2. The minimum Gasteiger partial charge on any atom is -0.478 e.